The van der Waals surface area contributed by atoms with E-state index in [2.05, 4.69) is 19.9 Å². The summed E-state index contributed by atoms with van der Waals surface area (Å²) in [7, 11) is -3.48. The van der Waals surface area contributed by atoms with E-state index in [9.17, 15) is 8.42 Å². The Morgan fingerprint density at radius 1 is 1.17 bits per heavy atom. The second-order valence-corrected chi connectivity index (χ2v) is 8.03. The molecule has 0 bridgehead atoms. The summed E-state index contributed by atoms with van der Waals surface area (Å²) in [5, 5.41) is 7.86. The number of nitrogens with zero attached hydrogens (tertiary/aromatic N) is 3. The zero-order chi connectivity index (χ0) is 16.3. The maximum Gasteiger partial charge on any atom is 0.250 e. The van der Waals surface area contributed by atoms with Crippen LogP contribution in [0.3, 0.4) is 0 Å². The van der Waals surface area contributed by atoms with Crippen LogP contribution in [0.2, 0.25) is 0 Å². The third-order valence-corrected chi connectivity index (χ3v) is 5.96. The third-order valence-electron chi connectivity index (χ3n) is 3.01. The van der Waals surface area contributed by atoms with Gasteiger partial charge in [0.2, 0.25) is 21.8 Å². The number of thiophene rings is 1. The Hall–Kier alpha value is -2.10. The summed E-state index contributed by atoms with van der Waals surface area (Å²) in [5.74, 6) is 0.765. The van der Waals surface area contributed by atoms with Gasteiger partial charge in [-0.2, -0.15) is 0 Å². The van der Waals surface area contributed by atoms with Crippen molar-refractivity contribution in [3.8, 4) is 11.5 Å². The van der Waals surface area contributed by atoms with E-state index in [0.717, 1.165) is 10.4 Å². The van der Waals surface area contributed by atoms with E-state index in [1.165, 1.54) is 11.3 Å². The Kier molecular flexibility index (Phi) is 4.51. The smallest absolute Gasteiger partial charge is 0.250 e. The molecule has 0 aliphatic carbocycles. The topological polar surface area (TPSA) is 98.0 Å². The lowest BCUT2D eigenvalue weighted by Gasteiger charge is -2.02. The molecule has 23 heavy (non-hydrogen) atoms. The van der Waals surface area contributed by atoms with Gasteiger partial charge in [-0.15, -0.1) is 21.5 Å². The van der Waals surface area contributed by atoms with E-state index < -0.39 is 10.0 Å². The molecule has 3 heterocycles. The van der Waals surface area contributed by atoms with Gasteiger partial charge in [-0.05, 0) is 31.2 Å². The maximum atomic E-state index is 12.1. The molecule has 1 N–H and O–H groups in total. The molecule has 0 aromatic carbocycles. The lowest BCUT2D eigenvalue weighted by molar-refractivity contribution is 0.502. The molecule has 9 heteroatoms. The summed E-state index contributed by atoms with van der Waals surface area (Å²) in [5.41, 5.74) is 0.772. The van der Waals surface area contributed by atoms with Gasteiger partial charge >= 0.3 is 0 Å². The second kappa shape index (κ2) is 6.57. The minimum Gasteiger partial charge on any atom is -0.421 e. The van der Waals surface area contributed by atoms with Gasteiger partial charge in [-0.25, -0.2) is 13.1 Å². The van der Waals surface area contributed by atoms with Crippen molar-refractivity contribution in [3.63, 3.8) is 0 Å². The van der Waals surface area contributed by atoms with Crippen molar-refractivity contribution in [1.82, 2.24) is 19.9 Å². The van der Waals surface area contributed by atoms with E-state index in [1.807, 2.05) is 6.92 Å². The van der Waals surface area contributed by atoms with Crippen molar-refractivity contribution in [3.05, 3.63) is 47.4 Å². The molecular weight excluding hydrogens is 336 g/mol. The summed E-state index contributed by atoms with van der Waals surface area (Å²) >= 11 is 1.23. The molecule has 3 aromatic heterocycles. The predicted molar refractivity (Wildman–Crippen MR) is 85.5 cm³/mol. The summed E-state index contributed by atoms with van der Waals surface area (Å²) in [6.07, 6.45) is 3.59. The minimum atomic E-state index is -3.48. The number of sulfonamides is 1. The summed E-state index contributed by atoms with van der Waals surface area (Å²) in [4.78, 5) is 4.87. The molecule has 3 aromatic rings. The van der Waals surface area contributed by atoms with E-state index in [1.54, 1.807) is 36.7 Å². The molecule has 0 fully saturated rings. The fraction of sp³-hybridized carbons (Fsp3) is 0.214. The SMILES string of the molecule is Cc1ccc(S(=O)(=O)NCCc2nnc(-c3ccncc3)o2)s1. The fourth-order valence-corrected chi connectivity index (χ4v) is 4.25. The molecule has 0 unspecified atom stereocenters. The van der Waals surface area contributed by atoms with Crippen molar-refractivity contribution < 1.29 is 12.8 Å². The Labute approximate surface area is 137 Å². The van der Waals surface area contributed by atoms with E-state index in [4.69, 9.17) is 4.42 Å². The molecule has 0 atom stereocenters. The average Bonchev–Trinajstić information content (AvgIpc) is 3.17. The van der Waals surface area contributed by atoms with E-state index in [-0.39, 0.29) is 6.54 Å². The minimum absolute atomic E-state index is 0.192. The van der Waals surface area contributed by atoms with Crippen molar-refractivity contribution in [2.45, 2.75) is 17.6 Å². The molecule has 3 rings (SSSR count). The van der Waals surface area contributed by atoms with Crippen molar-refractivity contribution >= 4 is 21.4 Å². The monoisotopic (exact) mass is 350 g/mol. The second-order valence-electron chi connectivity index (χ2n) is 4.75. The van der Waals surface area contributed by atoms with Gasteiger partial charge in [0.25, 0.3) is 0 Å². The number of aromatic nitrogens is 3. The van der Waals surface area contributed by atoms with Gasteiger partial charge in [0, 0.05) is 35.8 Å². The zero-order valence-corrected chi connectivity index (χ0v) is 13.9. The van der Waals surface area contributed by atoms with Crippen LogP contribution in [0.4, 0.5) is 0 Å². The van der Waals surface area contributed by atoms with Crippen LogP contribution < -0.4 is 4.72 Å². The molecular formula is C14H14N4O3S2. The molecule has 0 amide bonds. The first-order valence-corrected chi connectivity index (χ1v) is 9.13. The van der Waals surface area contributed by atoms with Gasteiger partial charge < -0.3 is 4.42 Å². The molecule has 7 nitrogen and oxygen atoms in total. The van der Waals surface area contributed by atoms with Gasteiger partial charge in [-0.1, -0.05) is 0 Å². The van der Waals surface area contributed by atoms with Gasteiger partial charge in [-0.3, -0.25) is 4.98 Å². The van der Waals surface area contributed by atoms with Crippen LogP contribution in [0, 0.1) is 6.92 Å². The predicted octanol–water partition coefficient (Wildman–Crippen LogP) is 2.02. The number of pyridine rings is 1. The number of aryl methyl sites for hydroxylation is 1. The third kappa shape index (κ3) is 3.81. The number of hydrogen-bond donors (Lipinski definition) is 1. The Morgan fingerprint density at radius 3 is 2.65 bits per heavy atom. The van der Waals surface area contributed by atoms with Gasteiger partial charge in [0.05, 0.1) is 0 Å². The number of rotatable bonds is 6. The highest BCUT2D eigenvalue weighted by Gasteiger charge is 2.16. The standard InChI is InChI=1S/C14H14N4O3S2/c1-10-2-3-13(22-10)23(19,20)16-9-6-12-17-18-14(21-12)11-4-7-15-8-5-11/h2-5,7-8,16H,6,9H2,1H3. The lowest BCUT2D eigenvalue weighted by atomic mass is 10.3. The van der Waals surface area contributed by atoms with Crippen LogP contribution in [0.1, 0.15) is 10.8 Å². The first-order chi connectivity index (χ1) is 11.0. The van der Waals surface area contributed by atoms with Crippen LogP contribution in [0.25, 0.3) is 11.5 Å². The van der Waals surface area contributed by atoms with Crippen molar-refractivity contribution in [1.29, 1.82) is 0 Å². The van der Waals surface area contributed by atoms with Gasteiger partial charge in [0.15, 0.2) is 0 Å². The molecule has 0 radical (unpaired) electrons. The van der Waals surface area contributed by atoms with Crippen LogP contribution in [0.5, 0.6) is 0 Å². The summed E-state index contributed by atoms with van der Waals surface area (Å²) < 4.78 is 32.5. The number of hydrogen-bond acceptors (Lipinski definition) is 7. The quantitative estimate of drug-likeness (QED) is 0.730. The van der Waals surface area contributed by atoms with E-state index >= 15 is 0 Å². The molecule has 0 saturated carbocycles. The van der Waals surface area contributed by atoms with Crippen LogP contribution in [-0.4, -0.2) is 30.1 Å². The highest BCUT2D eigenvalue weighted by Crippen LogP contribution is 2.20. The highest BCUT2D eigenvalue weighted by atomic mass is 32.2. The van der Waals surface area contributed by atoms with Crippen LogP contribution >= 0.6 is 11.3 Å². The molecule has 120 valence electrons. The number of nitrogens with one attached hydrogen (secondary N) is 1. The highest BCUT2D eigenvalue weighted by molar-refractivity contribution is 7.91. The van der Waals surface area contributed by atoms with Crippen LogP contribution in [-0.2, 0) is 16.4 Å². The summed E-state index contributed by atoms with van der Waals surface area (Å²) in [6.45, 7) is 2.06. The Bertz CT molecular complexity index is 888. The van der Waals surface area contributed by atoms with E-state index in [0.29, 0.717) is 22.4 Å². The Morgan fingerprint density at radius 2 is 1.96 bits per heavy atom. The van der Waals surface area contributed by atoms with Crippen molar-refractivity contribution in [2.75, 3.05) is 6.54 Å². The summed E-state index contributed by atoms with van der Waals surface area (Å²) in [6, 6.07) is 6.90. The largest absolute Gasteiger partial charge is 0.421 e. The molecule has 0 spiro atoms. The first kappa shape index (κ1) is 15.8. The zero-order valence-electron chi connectivity index (χ0n) is 12.3. The first-order valence-electron chi connectivity index (χ1n) is 6.83. The normalized spacial score (nSPS) is 11.7. The lowest BCUT2D eigenvalue weighted by Crippen LogP contribution is -2.25. The average molecular weight is 350 g/mol. The fourth-order valence-electron chi connectivity index (χ4n) is 1.89. The van der Waals surface area contributed by atoms with Crippen LogP contribution in [0.15, 0.2) is 45.3 Å². The van der Waals surface area contributed by atoms with Crippen molar-refractivity contribution in [2.24, 2.45) is 0 Å². The Balaban J connectivity index is 1.60. The van der Waals surface area contributed by atoms with Gasteiger partial charge in [0.1, 0.15) is 4.21 Å². The molecule has 0 aliphatic rings. The molecule has 0 saturated heterocycles. The molecule has 0 aliphatic heterocycles. The maximum absolute atomic E-state index is 12.1.